The second-order valence-corrected chi connectivity index (χ2v) is 7.70. The van der Waals surface area contributed by atoms with E-state index in [-0.39, 0.29) is 57.1 Å². The Balaban J connectivity index is 2.93. The molecule has 0 spiro atoms. The van der Waals surface area contributed by atoms with Gasteiger partial charge in [-0.15, -0.1) is 0 Å². The normalized spacial score (nSPS) is 11.5. The molecule has 1 aromatic rings. The van der Waals surface area contributed by atoms with Crippen LogP contribution in [0.4, 0.5) is 10.5 Å². The molecule has 0 fully saturated rings. The fourth-order valence-corrected chi connectivity index (χ4v) is 4.13. The van der Waals surface area contributed by atoms with E-state index < -0.39 is 24.5 Å². The predicted molar refractivity (Wildman–Crippen MR) is 101 cm³/mol. The van der Waals surface area contributed by atoms with E-state index in [1.807, 2.05) is 0 Å². The van der Waals surface area contributed by atoms with E-state index in [1.165, 1.54) is 0 Å². The highest BCUT2D eigenvalue weighted by Gasteiger charge is 2.30. The van der Waals surface area contributed by atoms with Crippen molar-refractivity contribution in [1.29, 1.82) is 0 Å². The van der Waals surface area contributed by atoms with Crippen molar-refractivity contribution in [3.8, 4) is 5.75 Å². The third-order valence-electron chi connectivity index (χ3n) is 3.62. The molecule has 27 heavy (non-hydrogen) atoms. The number of anilines is 1. The average molecular weight is 406 g/mol. The van der Waals surface area contributed by atoms with E-state index in [9.17, 15) is 18.9 Å². The van der Waals surface area contributed by atoms with Crippen molar-refractivity contribution in [3.63, 3.8) is 0 Å². The summed E-state index contributed by atoms with van der Waals surface area (Å²) in [6.07, 6.45) is -0.752. The lowest BCUT2D eigenvalue weighted by Crippen LogP contribution is -2.43. The number of ether oxygens (including phenoxy) is 1. The van der Waals surface area contributed by atoms with Crippen LogP contribution in [0.3, 0.4) is 0 Å². The van der Waals surface area contributed by atoms with Crippen molar-refractivity contribution in [1.82, 2.24) is 5.32 Å². The van der Waals surface area contributed by atoms with Gasteiger partial charge in [0.15, 0.2) is 5.75 Å². The molecule has 0 saturated carbocycles. The topological polar surface area (TPSA) is 131 Å². The second-order valence-electron chi connectivity index (χ2n) is 5.51. The highest BCUT2D eigenvalue weighted by Crippen LogP contribution is 2.47. The Morgan fingerprint density at radius 1 is 1.07 bits per heavy atom. The number of carboxylic acid groups (broad SMARTS) is 1. The Bertz CT molecular complexity index is 718. The molecule has 154 valence electrons. The summed E-state index contributed by atoms with van der Waals surface area (Å²) >= 11 is 0. The standard InChI is InChI=1S/C16H27N2O8P/c1-4-24-15-12(13(19)14(15)20)18(9-7-8-17-16(21)22)10-11-27(23,25-5-2)26-6-3/h17H,4-11H2,1-3H3,(H,21,22). The van der Waals surface area contributed by atoms with Gasteiger partial charge >= 0.3 is 13.7 Å². The van der Waals surface area contributed by atoms with Gasteiger partial charge < -0.3 is 29.1 Å². The first-order chi connectivity index (χ1) is 12.8. The van der Waals surface area contributed by atoms with Crippen LogP contribution in [0.25, 0.3) is 0 Å². The maximum Gasteiger partial charge on any atom is 0.404 e. The molecule has 0 aromatic heterocycles. The molecule has 1 aromatic carbocycles. The van der Waals surface area contributed by atoms with Gasteiger partial charge in [0.1, 0.15) is 5.69 Å². The van der Waals surface area contributed by atoms with Crippen molar-refractivity contribution in [2.75, 3.05) is 50.5 Å². The monoisotopic (exact) mass is 406 g/mol. The summed E-state index contributed by atoms with van der Waals surface area (Å²) in [5, 5.41) is 10.9. The molecule has 0 aliphatic rings. The molecule has 10 nitrogen and oxygen atoms in total. The van der Waals surface area contributed by atoms with Crippen LogP contribution in [0.1, 0.15) is 27.2 Å². The number of rotatable bonds is 14. The van der Waals surface area contributed by atoms with Crippen LogP contribution in [-0.4, -0.2) is 56.8 Å². The van der Waals surface area contributed by atoms with Crippen LogP contribution in [0, 0.1) is 0 Å². The molecule has 2 N–H and O–H groups in total. The van der Waals surface area contributed by atoms with Gasteiger partial charge in [-0.3, -0.25) is 14.2 Å². The fourth-order valence-electron chi connectivity index (χ4n) is 2.53. The lowest BCUT2D eigenvalue weighted by molar-refractivity contribution is 0.194. The van der Waals surface area contributed by atoms with Crippen molar-refractivity contribution < 1.29 is 28.3 Å². The predicted octanol–water partition coefficient (Wildman–Crippen LogP) is 1.41. The Morgan fingerprint density at radius 2 is 1.70 bits per heavy atom. The first-order valence-corrected chi connectivity index (χ1v) is 10.6. The number of nitrogens with one attached hydrogen (secondary N) is 1. The Morgan fingerprint density at radius 3 is 2.22 bits per heavy atom. The summed E-state index contributed by atoms with van der Waals surface area (Å²) in [5.74, 6) is -0.0173. The fraction of sp³-hybridized carbons (Fsp3) is 0.688. The molecule has 0 atom stereocenters. The maximum absolute atomic E-state index is 12.7. The zero-order valence-electron chi connectivity index (χ0n) is 15.9. The Labute approximate surface area is 157 Å². The minimum Gasteiger partial charge on any atom is -0.488 e. The number of hydrogen-bond donors (Lipinski definition) is 2. The Hall–Kier alpha value is -1.90. The number of carbonyl (C=O) groups is 1. The van der Waals surface area contributed by atoms with Gasteiger partial charge in [-0.2, -0.15) is 0 Å². The Kier molecular flexibility index (Phi) is 9.48. The van der Waals surface area contributed by atoms with E-state index in [4.69, 9.17) is 18.9 Å². The van der Waals surface area contributed by atoms with Crippen molar-refractivity contribution >= 4 is 19.4 Å². The summed E-state index contributed by atoms with van der Waals surface area (Å²) in [6, 6.07) is 0. The summed E-state index contributed by atoms with van der Waals surface area (Å²) < 4.78 is 28.4. The summed E-state index contributed by atoms with van der Waals surface area (Å²) in [5.41, 5.74) is -1.25. The van der Waals surface area contributed by atoms with Gasteiger partial charge in [0, 0.05) is 19.6 Å². The summed E-state index contributed by atoms with van der Waals surface area (Å²) in [7, 11) is -3.34. The van der Waals surface area contributed by atoms with Crippen molar-refractivity contribution in [3.05, 3.63) is 20.4 Å². The molecule has 0 radical (unpaired) electrons. The molecule has 0 heterocycles. The summed E-state index contributed by atoms with van der Waals surface area (Å²) in [4.78, 5) is 35.9. The molecule has 0 saturated heterocycles. The SMILES string of the molecule is CCOc1c(N(CCCNC(=O)O)CCP(=O)(OCC)OCC)c(=O)c1=O. The van der Waals surface area contributed by atoms with Gasteiger partial charge in [0.2, 0.25) is 0 Å². The first-order valence-electron chi connectivity index (χ1n) is 8.85. The lowest BCUT2D eigenvalue weighted by atomic mass is 10.2. The third-order valence-corrected chi connectivity index (χ3v) is 5.67. The van der Waals surface area contributed by atoms with Crippen LogP contribution in [0.15, 0.2) is 9.59 Å². The highest BCUT2D eigenvalue weighted by atomic mass is 31.2. The number of nitrogens with zero attached hydrogens (tertiary/aromatic N) is 1. The molecular weight excluding hydrogens is 379 g/mol. The summed E-state index contributed by atoms with van der Waals surface area (Å²) in [6.45, 7) is 6.31. The van der Waals surface area contributed by atoms with Crippen LogP contribution < -0.4 is 25.8 Å². The number of hydrogen-bond acceptors (Lipinski definition) is 8. The smallest absolute Gasteiger partial charge is 0.404 e. The molecule has 0 aliphatic carbocycles. The zero-order valence-corrected chi connectivity index (χ0v) is 16.8. The van der Waals surface area contributed by atoms with E-state index in [0.29, 0.717) is 6.42 Å². The lowest BCUT2D eigenvalue weighted by Gasteiger charge is -2.28. The molecule has 0 unspecified atom stereocenters. The van der Waals surface area contributed by atoms with Crippen LogP contribution in [0.2, 0.25) is 0 Å². The molecule has 0 aliphatic heterocycles. The van der Waals surface area contributed by atoms with Gasteiger partial charge in [-0.05, 0) is 27.2 Å². The van der Waals surface area contributed by atoms with Gasteiger partial charge in [0.05, 0.1) is 26.0 Å². The quantitative estimate of drug-likeness (QED) is 0.267. The van der Waals surface area contributed by atoms with E-state index in [1.54, 1.807) is 25.7 Å². The van der Waals surface area contributed by atoms with Crippen LogP contribution >= 0.6 is 7.60 Å². The zero-order chi connectivity index (χ0) is 20.4. The molecular formula is C16H27N2O8P. The second kappa shape index (κ2) is 11.1. The van der Waals surface area contributed by atoms with E-state index in [0.717, 1.165) is 0 Å². The van der Waals surface area contributed by atoms with Crippen LogP contribution in [-0.2, 0) is 13.6 Å². The van der Waals surface area contributed by atoms with E-state index >= 15 is 0 Å². The van der Waals surface area contributed by atoms with Gasteiger partial charge in [0.25, 0.3) is 10.9 Å². The molecule has 0 bridgehead atoms. The largest absolute Gasteiger partial charge is 0.488 e. The number of amides is 1. The molecule has 11 heteroatoms. The molecule has 1 rings (SSSR count). The van der Waals surface area contributed by atoms with Gasteiger partial charge in [-0.1, -0.05) is 0 Å². The maximum atomic E-state index is 12.7. The van der Waals surface area contributed by atoms with Gasteiger partial charge in [-0.25, -0.2) is 4.79 Å². The third kappa shape index (κ3) is 6.64. The minimum absolute atomic E-state index is 0.0173. The average Bonchev–Trinajstić information content (AvgIpc) is 2.62. The van der Waals surface area contributed by atoms with Crippen LogP contribution in [0.5, 0.6) is 5.75 Å². The first kappa shape index (κ1) is 23.1. The van der Waals surface area contributed by atoms with Crippen molar-refractivity contribution in [2.45, 2.75) is 27.2 Å². The van der Waals surface area contributed by atoms with E-state index in [2.05, 4.69) is 5.32 Å². The minimum atomic E-state index is -3.34. The van der Waals surface area contributed by atoms with Crippen molar-refractivity contribution in [2.24, 2.45) is 0 Å². The highest BCUT2D eigenvalue weighted by molar-refractivity contribution is 7.53. The molecule has 1 amide bonds.